The molecule has 27 heavy (non-hydrogen) atoms. The van der Waals surface area contributed by atoms with Crippen LogP contribution in [0.2, 0.25) is 0 Å². The quantitative estimate of drug-likeness (QED) is 0.693. The number of nitrogens with zero attached hydrogens (tertiary/aromatic N) is 4. The molecule has 2 aromatic heterocycles. The van der Waals surface area contributed by atoms with E-state index in [0.717, 1.165) is 54.5 Å². The van der Waals surface area contributed by atoms with Crippen molar-refractivity contribution in [2.45, 2.75) is 26.8 Å². The van der Waals surface area contributed by atoms with Crippen molar-refractivity contribution >= 4 is 5.57 Å². The Hall–Kier alpha value is -2.85. The van der Waals surface area contributed by atoms with Gasteiger partial charge in [0.25, 0.3) is 0 Å². The van der Waals surface area contributed by atoms with Crippen LogP contribution < -0.4 is 0 Å². The third-order valence-electron chi connectivity index (χ3n) is 4.93. The summed E-state index contributed by atoms with van der Waals surface area (Å²) in [5, 5.41) is 0. The highest BCUT2D eigenvalue weighted by atomic mass is 15.1. The van der Waals surface area contributed by atoms with Crippen molar-refractivity contribution in [1.82, 2.24) is 19.9 Å². The fourth-order valence-corrected chi connectivity index (χ4v) is 3.53. The maximum Gasteiger partial charge on any atom is 0.125 e. The highest BCUT2D eigenvalue weighted by Gasteiger charge is 2.18. The minimum absolute atomic E-state index is 0.783. The van der Waals surface area contributed by atoms with Gasteiger partial charge in [0.05, 0.1) is 11.4 Å². The van der Waals surface area contributed by atoms with E-state index in [1.165, 1.54) is 11.1 Å². The van der Waals surface area contributed by atoms with Crippen molar-refractivity contribution in [2.75, 3.05) is 13.1 Å². The Morgan fingerprint density at radius 1 is 0.963 bits per heavy atom. The van der Waals surface area contributed by atoms with Crippen LogP contribution in [0.3, 0.4) is 0 Å². The average molecular weight is 356 g/mol. The van der Waals surface area contributed by atoms with E-state index >= 15 is 0 Å². The van der Waals surface area contributed by atoms with Gasteiger partial charge >= 0.3 is 0 Å². The van der Waals surface area contributed by atoms with Crippen LogP contribution in [0.5, 0.6) is 0 Å². The Balaban J connectivity index is 1.59. The molecule has 0 fully saturated rings. The molecule has 3 aromatic rings. The highest BCUT2D eigenvalue weighted by molar-refractivity contribution is 5.78. The molecule has 4 nitrogen and oxygen atoms in total. The van der Waals surface area contributed by atoms with Gasteiger partial charge in [0.15, 0.2) is 0 Å². The minimum atomic E-state index is 0.783. The molecule has 3 heterocycles. The number of hydrogen-bond donors (Lipinski definition) is 0. The molecule has 4 heteroatoms. The van der Waals surface area contributed by atoms with Gasteiger partial charge in [0, 0.05) is 37.1 Å². The van der Waals surface area contributed by atoms with Gasteiger partial charge in [-0.1, -0.05) is 36.4 Å². The summed E-state index contributed by atoms with van der Waals surface area (Å²) >= 11 is 0. The predicted molar refractivity (Wildman–Crippen MR) is 109 cm³/mol. The fraction of sp³-hybridized carbons (Fsp3) is 0.261. The van der Waals surface area contributed by atoms with Crippen LogP contribution >= 0.6 is 0 Å². The number of benzene rings is 1. The lowest BCUT2D eigenvalue weighted by Crippen LogP contribution is -2.28. The number of rotatable bonds is 4. The zero-order valence-corrected chi connectivity index (χ0v) is 15.9. The molecule has 0 atom stereocenters. The highest BCUT2D eigenvalue weighted by Crippen LogP contribution is 2.30. The van der Waals surface area contributed by atoms with Gasteiger partial charge < -0.3 is 0 Å². The van der Waals surface area contributed by atoms with Crippen LogP contribution in [0, 0.1) is 13.8 Å². The van der Waals surface area contributed by atoms with E-state index in [2.05, 4.69) is 63.4 Å². The molecule has 0 unspecified atom stereocenters. The third-order valence-corrected chi connectivity index (χ3v) is 4.93. The molecule has 4 rings (SSSR count). The fourth-order valence-electron chi connectivity index (χ4n) is 3.53. The molecule has 0 saturated heterocycles. The Labute approximate surface area is 160 Å². The minimum Gasteiger partial charge on any atom is -0.295 e. The summed E-state index contributed by atoms with van der Waals surface area (Å²) in [7, 11) is 0. The molecule has 136 valence electrons. The first-order chi connectivity index (χ1) is 13.2. The Kier molecular flexibility index (Phi) is 5.07. The van der Waals surface area contributed by atoms with Crippen molar-refractivity contribution in [2.24, 2.45) is 0 Å². The van der Waals surface area contributed by atoms with Crippen LogP contribution in [0.15, 0.2) is 60.8 Å². The maximum absolute atomic E-state index is 4.86. The van der Waals surface area contributed by atoms with Crippen LogP contribution in [0.25, 0.3) is 16.8 Å². The third kappa shape index (κ3) is 4.12. The second-order valence-corrected chi connectivity index (χ2v) is 7.04. The summed E-state index contributed by atoms with van der Waals surface area (Å²) in [5.74, 6) is 0.783. The maximum atomic E-state index is 4.86. The molecular weight excluding hydrogens is 332 g/mol. The van der Waals surface area contributed by atoms with Crippen molar-refractivity contribution in [3.05, 3.63) is 83.6 Å². The van der Waals surface area contributed by atoms with Gasteiger partial charge in [-0.25, -0.2) is 9.97 Å². The van der Waals surface area contributed by atoms with E-state index in [9.17, 15) is 0 Å². The summed E-state index contributed by atoms with van der Waals surface area (Å²) in [4.78, 5) is 16.2. The number of aromatic nitrogens is 3. The molecule has 1 aliphatic rings. The van der Waals surface area contributed by atoms with Crippen LogP contribution in [-0.4, -0.2) is 32.9 Å². The first kappa shape index (κ1) is 17.6. The van der Waals surface area contributed by atoms with Crippen molar-refractivity contribution in [3.8, 4) is 11.3 Å². The van der Waals surface area contributed by atoms with Gasteiger partial charge in [0.2, 0.25) is 0 Å². The summed E-state index contributed by atoms with van der Waals surface area (Å²) in [5.41, 5.74) is 6.81. The lowest BCUT2D eigenvalue weighted by Gasteiger charge is -2.27. The number of hydrogen-bond acceptors (Lipinski definition) is 4. The molecule has 1 aliphatic heterocycles. The first-order valence-corrected chi connectivity index (χ1v) is 9.42. The largest absolute Gasteiger partial charge is 0.295 e. The van der Waals surface area contributed by atoms with E-state index in [4.69, 9.17) is 4.98 Å². The summed E-state index contributed by atoms with van der Waals surface area (Å²) in [6, 6.07) is 16.8. The molecular formula is C23H24N4. The molecule has 0 aliphatic carbocycles. The standard InChI is InChI=1S/C23H24N4/c1-17-8-9-21(22-10-13-24-18(2)26-22)23(25-17)20-11-14-27(15-12-20)16-19-6-4-3-5-7-19/h3-11,13H,12,14-16H2,1-2H3. The summed E-state index contributed by atoms with van der Waals surface area (Å²) < 4.78 is 0. The van der Waals surface area contributed by atoms with E-state index in [0.29, 0.717) is 0 Å². The number of aryl methyl sites for hydroxylation is 2. The molecule has 0 saturated carbocycles. The Morgan fingerprint density at radius 2 is 1.81 bits per heavy atom. The molecule has 0 spiro atoms. The monoisotopic (exact) mass is 356 g/mol. The van der Waals surface area contributed by atoms with Crippen molar-refractivity contribution < 1.29 is 0 Å². The lowest BCUT2D eigenvalue weighted by molar-refractivity contribution is 0.294. The lowest BCUT2D eigenvalue weighted by atomic mass is 9.97. The van der Waals surface area contributed by atoms with Gasteiger partial charge in [-0.3, -0.25) is 9.88 Å². The van der Waals surface area contributed by atoms with Crippen LogP contribution in [0.1, 0.15) is 29.2 Å². The molecule has 1 aromatic carbocycles. The second-order valence-electron chi connectivity index (χ2n) is 7.04. The normalized spacial score (nSPS) is 14.8. The Bertz CT molecular complexity index is 963. The first-order valence-electron chi connectivity index (χ1n) is 9.42. The van der Waals surface area contributed by atoms with E-state index < -0.39 is 0 Å². The van der Waals surface area contributed by atoms with E-state index in [1.54, 1.807) is 0 Å². The average Bonchev–Trinajstić information content (AvgIpc) is 2.69. The summed E-state index contributed by atoms with van der Waals surface area (Å²) in [6.45, 7) is 6.94. The molecule has 0 N–H and O–H groups in total. The van der Waals surface area contributed by atoms with Gasteiger partial charge in [-0.2, -0.15) is 0 Å². The van der Waals surface area contributed by atoms with Crippen LogP contribution in [0.4, 0.5) is 0 Å². The zero-order chi connectivity index (χ0) is 18.6. The van der Waals surface area contributed by atoms with Crippen LogP contribution in [-0.2, 0) is 6.54 Å². The van der Waals surface area contributed by atoms with Crippen molar-refractivity contribution in [1.29, 1.82) is 0 Å². The molecule has 0 amide bonds. The van der Waals surface area contributed by atoms with Crippen molar-refractivity contribution in [3.63, 3.8) is 0 Å². The van der Waals surface area contributed by atoms with Gasteiger partial charge in [0.1, 0.15) is 5.82 Å². The second kappa shape index (κ2) is 7.80. The van der Waals surface area contributed by atoms with Gasteiger partial charge in [-0.05, 0) is 49.6 Å². The smallest absolute Gasteiger partial charge is 0.125 e. The van der Waals surface area contributed by atoms with Gasteiger partial charge in [-0.15, -0.1) is 0 Å². The van der Waals surface area contributed by atoms with E-state index in [1.807, 2.05) is 26.1 Å². The molecule has 0 bridgehead atoms. The Morgan fingerprint density at radius 3 is 2.56 bits per heavy atom. The van der Waals surface area contributed by atoms with E-state index in [-0.39, 0.29) is 0 Å². The SMILES string of the molecule is Cc1ccc(-c2ccnc(C)n2)c(C2=CCN(Cc3ccccc3)CC2)n1. The zero-order valence-electron chi connectivity index (χ0n) is 15.9. The number of pyridine rings is 1. The predicted octanol–water partition coefficient (Wildman–Crippen LogP) is 4.44. The summed E-state index contributed by atoms with van der Waals surface area (Å²) in [6.07, 6.45) is 5.14. The topological polar surface area (TPSA) is 41.9 Å². The molecule has 0 radical (unpaired) electrons.